The first-order valence-corrected chi connectivity index (χ1v) is 29.7. The minimum atomic E-state index is 0.0558. The number of ether oxygens (including phenoxy) is 1. The van der Waals surface area contributed by atoms with Gasteiger partial charge < -0.3 is 27.3 Å². The van der Waals surface area contributed by atoms with Crippen LogP contribution in [0.25, 0.3) is 160 Å². The maximum Gasteiger partial charge on any atom is 0.145 e. The van der Waals surface area contributed by atoms with Crippen molar-refractivity contribution in [1.29, 1.82) is 10.5 Å². The van der Waals surface area contributed by atoms with E-state index in [1.807, 2.05) is 42.5 Å². The van der Waals surface area contributed by atoms with Crippen LogP contribution in [0.3, 0.4) is 0 Å². The van der Waals surface area contributed by atoms with E-state index in [-0.39, 0.29) is 5.92 Å². The first-order valence-electron chi connectivity index (χ1n) is 29.7. The van der Waals surface area contributed by atoms with Crippen molar-refractivity contribution >= 4 is 109 Å². The molecule has 408 valence electrons. The Bertz CT molecular complexity index is 5810. The molecule has 0 N–H and O–H groups in total. The molecule has 1 atom stereocenters. The van der Waals surface area contributed by atoms with E-state index in [4.69, 9.17) is 13.6 Å². The summed E-state index contributed by atoms with van der Waals surface area (Å²) < 4.78 is 28.0. The Kier molecular flexibility index (Phi) is 9.99. The zero-order chi connectivity index (χ0) is 57.9. The van der Waals surface area contributed by atoms with Crippen molar-refractivity contribution in [2.45, 2.75) is 12.3 Å². The number of fused-ring (bicyclic) bond motifs is 21. The van der Waals surface area contributed by atoms with E-state index in [1.54, 1.807) is 6.07 Å². The molecule has 12 aromatic carbocycles. The van der Waals surface area contributed by atoms with E-state index in [9.17, 15) is 10.5 Å². The van der Waals surface area contributed by atoms with Crippen molar-refractivity contribution in [2.24, 2.45) is 0 Å². The van der Waals surface area contributed by atoms with Gasteiger partial charge in [0.05, 0.1) is 77.4 Å². The van der Waals surface area contributed by atoms with Gasteiger partial charge in [0.2, 0.25) is 0 Å². The van der Waals surface area contributed by atoms with Crippen LogP contribution in [0.4, 0.5) is 0 Å². The second-order valence-electron chi connectivity index (χ2n) is 23.2. The largest absolute Gasteiger partial charge is 0.460 e. The summed E-state index contributed by atoms with van der Waals surface area (Å²) in [7, 11) is 0. The third-order valence-corrected chi connectivity index (χ3v) is 18.6. The lowest BCUT2D eigenvalue weighted by Crippen LogP contribution is -2.13. The van der Waals surface area contributed by atoms with E-state index >= 15 is 0 Å². The number of rotatable bonds is 6. The van der Waals surface area contributed by atoms with Crippen molar-refractivity contribution in [3.8, 4) is 68.3 Å². The smallest absolute Gasteiger partial charge is 0.145 e. The van der Waals surface area contributed by atoms with Gasteiger partial charge in [0.25, 0.3) is 0 Å². The van der Waals surface area contributed by atoms with E-state index in [0.717, 1.165) is 166 Å². The van der Waals surface area contributed by atoms with Gasteiger partial charge in [0.1, 0.15) is 46.0 Å². The van der Waals surface area contributed by atoms with Crippen LogP contribution in [0.5, 0.6) is 5.75 Å². The summed E-state index contributed by atoms with van der Waals surface area (Å²) in [6.45, 7) is 0. The van der Waals surface area contributed by atoms with Gasteiger partial charge in [-0.05, 0) is 131 Å². The SMILES string of the molecule is N#Cc1cc(C#N)c(-n2c3ccc(-c4ccccc4)cc3c3c4oc5ccccc5c4ccc32)c(-n2c3ccc(-c4ccccc4)cc3c3c4c(ccc32)C2CC=CC=C2O4)c1-n1c2ccc(-c3ccccc3)cc2c2c3oc4ccccc4c3ccc21. The van der Waals surface area contributed by atoms with Crippen LogP contribution in [0.15, 0.2) is 269 Å². The van der Waals surface area contributed by atoms with E-state index < -0.39 is 0 Å². The predicted octanol–water partition coefficient (Wildman–Crippen LogP) is 20.8. The van der Waals surface area contributed by atoms with E-state index in [0.29, 0.717) is 28.2 Å². The number of aromatic nitrogens is 3. The highest BCUT2D eigenvalue weighted by Gasteiger charge is 2.36. The summed E-state index contributed by atoms with van der Waals surface area (Å²) >= 11 is 0. The van der Waals surface area contributed by atoms with Crippen molar-refractivity contribution < 1.29 is 13.6 Å². The number of nitrogens with zero attached hydrogens (tertiary/aromatic N) is 5. The molecule has 1 aliphatic heterocycles. The number of allylic oxidation sites excluding steroid dienone is 4. The number of benzene rings is 12. The number of para-hydroxylation sites is 2. The molecule has 17 aromatic rings. The third-order valence-electron chi connectivity index (χ3n) is 18.6. The summed E-state index contributed by atoms with van der Waals surface area (Å²) in [5, 5.41) is 33.9. The number of furan rings is 2. The van der Waals surface area contributed by atoms with Crippen LogP contribution >= 0.6 is 0 Å². The monoisotopic (exact) mass is 1120 g/mol. The van der Waals surface area contributed by atoms with E-state index in [1.165, 1.54) is 0 Å². The van der Waals surface area contributed by atoms with Gasteiger partial charge in [0.15, 0.2) is 0 Å². The van der Waals surface area contributed by atoms with Gasteiger partial charge in [0, 0.05) is 49.2 Å². The molecule has 8 nitrogen and oxygen atoms in total. The Hall–Kier alpha value is -12.1. The minimum absolute atomic E-state index is 0.0558. The molecule has 88 heavy (non-hydrogen) atoms. The molecule has 0 bridgehead atoms. The maximum atomic E-state index is 12.1. The van der Waals surface area contributed by atoms with Crippen molar-refractivity contribution in [1.82, 2.24) is 13.7 Å². The standard InChI is InChI=1S/C80H45N5O3/c81-44-52-40-53(45-82)76(84-64-35-29-50(47-18-6-2-7-19-47)42-61(64)73-67(84)38-32-58-55-23-11-14-26-70(55)87-79(58)73)77(85-65-36-30-51(48-20-8-3-9-21-48)43-62(65)74-68(85)39-33-59-56-24-12-15-27-71(56)88-80(59)74)75(52)83-63-34-28-49(46-16-4-1-5-17-46)41-60(63)72-66(83)37-31-57-54-22-10-13-25-69(54)86-78(57)72/h1-23,25-43,56H,24H2. The van der Waals surface area contributed by atoms with Crippen molar-refractivity contribution in [3.63, 3.8) is 0 Å². The summed E-state index contributed by atoms with van der Waals surface area (Å²) in [6.07, 6.45) is 7.21. The van der Waals surface area contributed by atoms with Gasteiger partial charge in [-0.15, -0.1) is 0 Å². The molecule has 1 unspecified atom stereocenters. The van der Waals surface area contributed by atoms with Crippen molar-refractivity contribution in [3.05, 3.63) is 277 Å². The van der Waals surface area contributed by atoms with Gasteiger partial charge in [-0.2, -0.15) is 10.5 Å². The molecule has 2 aliphatic rings. The molecule has 8 heteroatoms. The third kappa shape index (κ3) is 6.66. The van der Waals surface area contributed by atoms with Crippen LogP contribution < -0.4 is 4.74 Å². The molecular weight excluding hydrogens is 1080 g/mol. The molecule has 6 heterocycles. The number of hydrogen-bond donors (Lipinski definition) is 0. The molecule has 0 fully saturated rings. The van der Waals surface area contributed by atoms with Gasteiger partial charge in [-0.1, -0.05) is 164 Å². The van der Waals surface area contributed by atoms with Crippen LogP contribution in [-0.4, -0.2) is 13.7 Å². The zero-order valence-electron chi connectivity index (χ0n) is 47.0. The topological polar surface area (TPSA) is 97.9 Å². The van der Waals surface area contributed by atoms with Crippen LogP contribution in [0.1, 0.15) is 29.0 Å². The quantitative estimate of drug-likeness (QED) is 0.165. The highest BCUT2D eigenvalue weighted by molar-refractivity contribution is 6.27. The fourth-order valence-corrected chi connectivity index (χ4v) is 14.8. The lowest BCUT2D eigenvalue weighted by atomic mass is 9.91. The first kappa shape index (κ1) is 48.3. The van der Waals surface area contributed by atoms with Gasteiger partial charge >= 0.3 is 0 Å². The zero-order valence-corrected chi connectivity index (χ0v) is 47.0. The van der Waals surface area contributed by atoms with E-state index in [2.05, 4.69) is 232 Å². The Morgan fingerprint density at radius 2 is 0.784 bits per heavy atom. The lowest BCUT2D eigenvalue weighted by Gasteiger charge is -2.24. The normalized spacial score (nSPS) is 13.8. The molecule has 0 amide bonds. The molecule has 19 rings (SSSR count). The molecule has 0 saturated heterocycles. The predicted molar refractivity (Wildman–Crippen MR) is 355 cm³/mol. The molecular formula is C80H45N5O3. The second-order valence-corrected chi connectivity index (χ2v) is 23.2. The fourth-order valence-electron chi connectivity index (χ4n) is 14.8. The lowest BCUT2D eigenvalue weighted by molar-refractivity contribution is 0.429. The van der Waals surface area contributed by atoms with Crippen LogP contribution in [0.2, 0.25) is 0 Å². The molecule has 1 aliphatic carbocycles. The Labute approximate surface area is 502 Å². The Balaban J connectivity index is 1.04. The first-order chi connectivity index (χ1) is 43.6. The van der Waals surface area contributed by atoms with Gasteiger partial charge in [-0.25, -0.2) is 0 Å². The molecule has 0 saturated carbocycles. The number of nitriles is 2. The maximum absolute atomic E-state index is 12.1. The minimum Gasteiger partial charge on any atom is -0.460 e. The fraction of sp³-hybridized carbons (Fsp3) is 0.0250. The summed E-state index contributed by atoms with van der Waals surface area (Å²) in [5.41, 5.74) is 18.1. The summed E-state index contributed by atoms with van der Waals surface area (Å²) in [4.78, 5) is 0. The molecule has 0 spiro atoms. The van der Waals surface area contributed by atoms with Crippen molar-refractivity contribution in [2.75, 3.05) is 0 Å². The number of hydrogen-bond acceptors (Lipinski definition) is 5. The average Bonchev–Trinajstić information content (AvgIpc) is 1.81. The molecule has 0 radical (unpaired) electrons. The Morgan fingerprint density at radius 1 is 0.364 bits per heavy atom. The highest BCUT2D eigenvalue weighted by atomic mass is 16.5. The molecule has 5 aromatic heterocycles. The van der Waals surface area contributed by atoms with Crippen LogP contribution in [0, 0.1) is 22.7 Å². The summed E-state index contributed by atoms with van der Waals surface area (Å²) in [5.74, 6) is 1.78. The van der Waals surface area contributed by atoms with Gasteiger partial charge in [-0.3, -0.25) is 0 Å². The average molecular weight is 1120 g/mol. The highest BCUT2D eigenvalue weighted by Crippen LogP contribution is 2.54. The van der Waals surface area contributed by atoms with Crippen LogP contribution in [-0.2, 0) is 0 Å². The Morgan fingerprint density at radius 3 is 1.27 bits per heavy atom. The second kappa shape index (κ2) is 18.2. The summed E-state index contributed by atoms with van der Waals surface area (Å²) in [6, 6.07) is 88.0.